The molecule has 0 saturated heterocycles. The largest absolute Gasteiger partial charge is 0.308 e. The van der Waals surface area contributed by atoms with Gasteiger partial charge in [-0.15, -0.1) is 0 Å². The molecule has 0 radical (unpaired) electrons. The highest BCUT2D eigenvalue weighted by Gasteiger charge is 2.17. The highest BCUT2D eigenvalue weighted by atomic mass is 79.9. The molecule has 3 aromatic rings. The molecule has 0 aliphatic heterocycles. The second kappa shape index (κ2) is 7.11. The lowest BCUT2D eigenvalue weighted by Gasteiger charge is -2.09. The number of nitrogens with zero attached hydrogens (tertiary/aromatic N) is 1. The molecular weight excluding hydrogens is 448 g/mol. The molecule has 0 fully saturated rings. The first-order chi connectivity index (χ1) is 11.8. The van der Waals surface area contributed by atoms with Crippen LogP contribution in [-0.4, -0.2) is 13.0 Å². The Kier molecular flexibility index (Phi) is 5.24. The summed E-state index contributed by atoms with van der Waals surface area (Å²) in [6.07, 6.45) is 0.831. The summed E-state index contributed by atoms with van der Waals surface area (Å²) < 4.78 is 30.7. The zero-order valence-corrected chi connectivity index (χ0v) is 17.1. The van der Waals surface area contributed by atoms with Gasteiger partial charge in [0.1, 0.15) is 0 Å². The molecule has 0 aliphatic carbocycles. The third-order valence-corrected chi connectivity index (χ3v) is 7.12. The Hall–Kier alpha value is -1.35. The van der Waals surface area contributed by atoms with E-state index >= 15 is 0 Å². The Bertz CT molecular complexity index is 1110. The van der Waals surface area contributed by atoms with Crippen molar-refractivity contribution in [1.29, 1.82) is 0 Å². The van der Waals surface area contributed by atoms with E-state index in [4.69, 9.17) is 11.6 Å². The van der Waals surface area contributed by atoms with E-state index in [2.05, 4.69) is 20.7 Å². The van der Waals surface area contributed by atoms with Crippen LogP contribution in [0.25, 0.3) is 10.2 Å². The second-order valence-electron chi connectivity index (χ2n) is 5.38. The Morgan fingerprint density at radius 3 is 2.68 bits per heavy atom. The molecule has 132 valence electrons. The molecule has 1 heterocycles. The van der Waals surface area contributed by atoms with Crippen molar-refractivity contribution < 1.29 is 8.42 Å². The number of anilines is 1. The quantitative estimate of drug-likeness (QED) is 0.599. The summed E-state index contributed by atoms with van der Waals surface area (Å²) in [5.41, 5.74) is 1.12. The minimum atomic E-state index is -3.78. The van der Waals surface area contributed by atoms with Gasteiger partial charge in [0.15, 0.2) is 0 Å². The summed E-state index contributed by atoms with van der Waals surface area (Å²) in [4.78, 5) is 12.1. The first-order valence-electron chi connectivity index (χ1n) is 7.43. The van der Waals surface area contributed by atoms with Crippen LogP contribution >= 0.6 is 38.9 Å². The van der Waals surface area contributed by atoms with Gasteiger partial charge in [-0.2, -0.15) is 0 Å². The number of benzene rings is 2. The van der Waals surface area contributed by atoms with Crippen LogP contribution in [0.15, 0.2) is 50.6 Å². The molecule has 3 rings (SSSR count). The van der Waals surface area contributed by atoms with Crippen LogP contribution in [0.5, 0.6) is 0 Å². The SMILES string of the molecule is CCCn1c(=O)sc2cc(S(=O)(=O)Nc3ccc(Br)c(Cl)c3)ccc21. The first-order valence-corrected chi connectivity index (χ1v) is 10.9. The van der Waals surface area contributed by atoms with E-state index < -0.39 is 10.0 Å². The van der Waals surface area contributed by atoms with Crippen LogP contribution in [0.2, 0.25) is 5.02 Å². The Morgan fingerprint density at radius 2 is 2.00 bits per heavy atom. The summed E-state index contributed by atoms with van der Waals surface area (Å²) in [6, 6.07) is 9.51. The summed E-state index contributed by atoms with van der Waals surface area (Å²) in [7, 11) is -3.78. The maximum absolute atomic E-state index is 12.6. The molecule has 0 amide bonds. The van der Waals surface area contributed by atoms with Crippen molar-refractivity contribution in [3.63, 3.8) is 0 Å². The van der Waals surface area contributed by atoms with Crippen LogP contribution < -0.4 is 9.60 Å². The van der Waals surface area contributed by atoms with Crippen molar-refractivity contribution in [3.05, 3.63) is 55.6 Å². The number of thiazole rings is 1. The lowest BCUT2D eigenvalue weighted by molar-refractivity contribution is 0.601. The van der Waals surface area contributed by atoms with Crippen molar-refractivity contribution >= 4 is 64.8 Å². The highest BCUT2D eigenvalue weighted by Crippen LogP contribution is 2.28. The normalized spacial score (nSPS) is 11.8. The van der Waals surface area contributed by atoms with E-state index in [1.165, 1.54) is 18.2 Å². The summed E-state index contributed by atoms with van der Waals surface area (Å²) in [5.74, 6) is 0. The van der Waals surface area contributed by atoms with Gasteiger partial charge in [-0.25, -0.2) is 8.42 Å². The molecule has 0 spiro atoms. The predicted octanol–water partition coefficient (Wildman–Crippen LogP) is 4.69. The average Bonchev–Trinajstić information content (AvgIpc) is 2.86. The Balaban J connectivity index is 1.99. The van der Waals surface area contributed by atoms with E-state index in [0.717, 1.165) is 23.3 Å². The van der Waals surface area contributed by atoms with Gasteiger partial charge in [-0.05, 0) is 58.7 Å². The minimum Gasteiger partial charge on any atom is -0.299 e. The monoisotopic (exact) mass is 460 g/mol. The van der Waals surface area contributed by atoms with Crippen LogP contribution in [0.4, 0.5) is 5.69 Å². The smallest absolute Gasteiger partial charge is 0.299 e. The van der Waals surface area contributed by atoms with Gasteiger partial charge in [0.25, 0.3) is 10.0 Å². The Labute approximate surface area is 162 Å². The molecule has 5 nitrogen and oxygen atoms in total. The Morgan fingerprint density at radius 1 is 1.24 bits per heavy atom. The summed E-state index contributed by atoms with van der Waals surface area (Å²) in [6.45, 7) is 2.60. The number of halogens is 2. The lowest BCUT2D eigenvalue weighted by Crippen LogP contribution is -2.13. The number of nitrogens with one attached hydrogen (secondary N) is 1. The van der Waals surface area contributed by atoms with Gasteiger partial charge in [0.05, 0.1) is 25.8 Å². The summed E-state index contributed by atoms with van der Waals surface area (Å²) in [5, 5.41) is 0.408. The van der Waals surface area contributed by atoms with Crippen molar-refractivity contribution in [2.45, 2.75) is 24.8 Å². The summed E-state index contributed by atoms with van der Waals surface area (Å²) >= 11 is 10.3. The standard InChI is InChI=1S/C16H14BrClN2O3S2/c1-2-7-20-14-6-4-11(9-15(14)24-16(20)21)25(22,23)19-10-3-5-12(17)13(18)8-10/h3-6,8-9,19H,2,7H2,1H3. The van der Waals surface area contributed by atoms with E-state index in [-0.39, 0.29) is 9.77 Å². The van der Waals surface area contributed by atoms with Crippen LogP contribution in [0, 0.1) is 0 Å². The second-order valence-corrected chi connectivity index (χ2v) is 9.32. The van der Waals surface area contributed by atoms with E-state index in [9.17, 15) is 13.2 Å². The molecule has 0 atom stereocenters. The van der Waals surface area contributed by atoms with Crippen molar-refractivity contribution in [2.75, 3.05) is 4.72 Å². The number of sulfonamides is 1. The van der Waals surface area contributed by atoms with Crippen molar-refractivity contribution in [3.8, 4) is 0 Å². The molecule has 1 N–H and O–H groups in total. The fourth-order valence-electron chi connectivity index (χ4n) is 2.42. The molecule has 25 heavy (non-hydrogen) atoms. The van der Waals surface area contributed by atoms with Crippen LogP contribution in [0.1, 0.15) is 13.3 Å². The predicted molar refractivity (Wildman–Crippen MR) is 106 cm³/mol. The molecule has 9 heteroatoms. The maximum Gasteiger partial charge on any atom is 0.308 e. The van der Waals surface area contributed by atoms with Gasteiger partial charge < -0.3 is 0 Å². The number of aryl methyl sites for hydroxylation is 1. The van der Waals surface area contributed by atoms with Gasteiger partial charge in [-0.1, -0.05) is 29.9 Å². The van der Waals surface area contributed by atoms with E-state index in [1.807, 2.05) is 6.92 Å². The first kappa shape index (κ1) is 18.4. The lowest BCUT2D eigenvalue weighted by atomic mass is 10.3. The third-order valence-electron chi connectivity index (χ3n) is 3.57. The number of hydrogen-bond donors (Lipinski definition) is 1. The molecular formula is C16H14BrClN2O3S2. The van der Waals surface area contributed by atoms with Gasteiger partial charge in [-0.3, -0.25) is 14.1 Å². The number of aromatic nitrogens is 1. The molecule has 0 bridgehead atoms. The van der Waals surface area contributed by atoms with Crippen molar-refractivity contribution in [2.24, 2.45) is 0 Å². The molecule has 0 aliphatic rings. The average molecular weight is 462 g/mol. The van der Waals surface area contributed by atoms with Crippen LogP contribution in [0.3, 0.4) is 0 Å². The van der Waals surface area contributed by atoms with Crippen LogP contribution in [-0.2, 0) is 16.6 Å². The zero-order valence-electron chi connectivity index (χ0n) is 13.1. The molecule has 2 aromatic carbocycles. The van der Waals surface area contributed by atoms with Gasteiger partial charge in [0.2, 0.25) is 0 Å². The number of hydrogen-bond acceptors (Lipinski definition) is 4. The van der Waals surface area contributed by atoms with E-state index in [1.54, 1.807) is 22.8 Å². The third kappa shape index (κ3) is 3.76. The van der Waals surface area contributed by atoms with Crippen molar-refractivity contribution in [1.82, 2.24) is 4.57 Å². The highest BCUT2D eigenvalue weighted by molar-refractivity contribution is 9.10. The van der Waals surface area contributed by atoms with Gasteiger partial charge in [0, 0.05) is 11.0 Å². The van der Waals surface area contributed by atoms with Gasteiger partial charge >= 0.3 is 4.87 Å². The number of fused-ring (bicyclic) bond motifs is 1. The minimum absolute atomic E-state index is 0.0842. The number of rotatable bonds is 5. The zero-order chi connectivity index (χ0) is 18.2. The van der Waals surface area contributed by atoms with E-state index in [0.29, 0.717) is 26.4 Å². The molecule has 0 unspecified atom stereocenters. The molecule has 0 saturated carbocycles. The fraction of sp³-hybridized carbons (Fsp3) is 0.188. The topological polar surface area (TPSA) is 68.2 Å². The maximum atomic E-state index is 12.6. The fourth-order valence-corrected chi connectivity index (χ4v) is 4.96. The molecule has 1 aromatic heterocycles.